The van der Waals surface area contributed by atoms with Crippen molar-refractivity contribution in [3.05, 3.63) is 41.1 Å². The maximum absolute atomic E-state index is 12.8. The van der Waals surface area contributed by atoms with Crippen LogP contribution in [-0.4, -0.2) is 69.4 Å². The van der Waals surface area contributed by atoms with E-state index in [-0.39, 0.29) is 5.91 Å². The zero-order valence-electron chi connectivity index (χ0n) is 14.8. The Morgan fingerprint density at radius 3 is 2.74 bits per heavy atom. The molecule has 2 aromatic rings. The Hall–Kier alpha value is -1.87. The molecule has 1 aromatic heterocycles. The van der Waals surface area contributed by atoms with E-state index >= 15 is 0 Å². The Morgan fingerprint density at radius 1 is 1.15 bits per heavy atom. The molecule has 4 rings (SSSR count). The maximum Gasteiger partial charge on any atom is 0.266 e. The van der Waals surface area contributed by atoms with Crippen LogP contribution >= 0.6 is 24.0 Å². The van der Waals surface area contributed by atoms with E-state index in [0.717, 1.165) is 55.9 Å². The molecule has 0 spiro atoms. The normalized spacial score (nSPS) is 20.1. The number of aromatic nitrogens is 2. The molecule has 0 aliphatic carbocycles. The van der Waals surface area contributed by atoms with Gasteiger partial charge >= 0.3 is 0 Å². The van der Waals surface area contributed by atoms with Gasteiger partial charge in [-0.15, -0.1) is 0 Å². The first-order valence-electron chi connectivity index (χ1n) is 8.97. The van der Waals surface area contributed by atoms with E-state index in [4.69, 9.17) is 17.0 Å². The quantitative estimate of drug-likeness (QED) is 0.565. The molecule has 27 heavy (non-hydrogen) atoms. The van der Waals surface area contributed by atoms with Crippen LogP contribution in [0.5, 0.6) is 0 Å². The van der Waals surface area contributed by atoms with Crippen LogP contribution in [0, 0.1) is 0 Å². The molecule has 0 saturated carbocycles. The number of hydrogen-bond donors (Lipinski definition) is 0. The average Bonchev–Trinajstić information content (AvgIpc) is 2.96. The molecule has 0 radical (unpaired) electrons. The highest BCUT2D eigenvalue weighted by Gasteiger charge is 2.31. The summed E-state index contributed by atoms with van der Waals surface area (Å²) in [5.41, 5.74) is 2.58. The van der Waals surface area contributed by atoms with Gasteiger partial charge in [0.2, 0.25) is 0 Å². The lowest BCUT2D eigenvalue weighted by molar-refractivity contribution is -0.122. The van der Waals surface area contributed by atoms with Gasteiger partial charge in [0.25, 0.3) is 5.91 Å². The molecule has 3 heterocycles. The number of rotatable bonds is 5. The Kier molecular flexibility index (Phi) is 5.77. The summed E-state index contributed by atoms with van der Waals surface area (Å²) in [7, 11) is 0. The van der Waals surface area contributed by atoms with E-state index in [1.165, 1.54) is 11.8 Å². The van der Waals surface area contributed by atoms with Crippen LogP contribution in [0.4, 0.5) is 0 Å². The third kappa shape index (κ3) is 4.35. The van der Waals surface area contributed by atoms with Crippen molar-refractivity contribution < 1.29 is 9.53 Å². The van der Waals surface area contributed by atoms with Crippen LogP contribution in [0.3, 0.4) is 0 Å². The minimum atomic E-state index is -0.00813. The molecular formula is C19H20N4O2S2. The Morgan fingerprint density at radius 2 is 1.93 bits per heavy atom. The number of thioether (sulfide) groups is 1. The fraction of sp³-hybridized carbons (Fsp3) is 0.368. The summed E-state index contributed by atoms with van der Waals surface area (Å²) in [6, 6.07) is 5.80. The molecule has 2 aliphatic heterocycles. The lowest BCUT2D eigenvalue weighted by Crippen LogP contribution is -2.38. The number of thiocarbonyl (C=S) groups is 1. The topological polar surface area (TPSA) is 58.6 Å². The van der Waals surface area contributed by atoms with E-state index in [1.807, 2.05) is 24.3 Å². The van der Waals surface area contributed by atoms with Crippen LogP contribution in [0.15, 0.2) is 35.5 Å². The standard InChI is InChI=1S/C19H20N4O2S2/c24-18-17(13-14-2-3-15-16(12-14)21-5-4-20-15)27-19(26)23(18)7-1-6-22-8-10-25-11-9-22/h2-5,12-13H,1,6-11H2/b17-13-. The molecule has 1 amide bonds. The predicted octanol–water partition coefficient (Wildman–Crippen LogP) is 2.55. The van der Waals surface area contributed by atoms with Gasteiger partial charge in [0.1, 0.15) is 4.32 Å². The highest BCUT2D eigenvalue weighted by atomic mass is 32.2. The van der Waals surface area contributed by atoms with E-state index in [9.17, 15) is 4.79 Å². The van der Waals surface area contributed by atoms with Crippen LogP contribution in [0.2, 0.25) is 0 Å². The smallest absolute Gasteiger partial charge is 0.266 e. The Labute approximate surface area is 167 Å². The van der Waals surface area contributed by atoms with Crippen LogP contribution < -0.4 is 0 Å². The lowest BCUT2D eigenvalue weighted by Gasteiger charge is -2.27. The lowest BCUT2D eigenvalue weighted by atomic mass is 10.1. The monoisotopic (exact) mass is 400 g/mol. The van der Waals surface area contributed by atoms with Gasteiger partial charge in [-0.3, -0.25) is 24.6 Å². The van der Waals surface area contributed by atoms with Crippen LogP contribution in [-0.2, 0) is 9.53 Å². The van der Waals surface area contributed by atoms with E-state index in [0.29, 0.717) is 15.8 Å². The van der Waals surface area contributed by atoms with Gasteiger partial charge < -0.3 is 4.74 Å². The highest BCUT2D eigenvalue weighted by Crippen LogP contribution is 2.32. The second-order valence-electron chi connectivity index (χ2n) is 6.45. The van der Waals surface area contributed by atoms with Gasteiger partial charge in [-0.25, -0.2) is 0 Å². The number of ether oxygens (including phenoxy) is 1. The van der Waals surface area contributed by atoms with Crippen molar-refractivity contribution in [2.24, 2.45) is 0 Å². The summed E-state index contributed by atoms with van der Waals surface area (Å²) in [5, 5.41) is 0. The minimum Gasteiger partial charge on any atom is -0.379 e. The largest absolute Gasteiger partial charge is 0.379 e. The molecule has 0 N–H and O–H groups in total. The number of morpholine rings is 1. The third-order valence-electron chi connectivity index (χ3n) is 4.62. The number of carbonyl (C=O) groups excluding carboxylic acids is 1. The van der Waals surface area contributed by atoms with Crippen molar-refractivity contribution in [3.8, 4) is 0 Å². The molecule has 8 heteroatoms. The molecule has 0 unspecified atom stereocenters. The summed E-state index contributed by atoms with van der Waals surface area (Å²) in [6.45, 7) is 5.12. The minimum absolute atomic E-state index is 0.00813. The second-order valence-corrected chi connectivity index (χ2v) is 8.12. The zero-order valence-corrected chi connectivity index (χ0v) is 16.5. The number of fused-ring (bicyclic) bond motifs is 1. The van der Waals surface area contributed by atoms with Crippen LogP contribution in [0.1, 0.15) is 12.0 Å². The number of benzene rings is 1. The summed E-state index contributed by atoms with van der Waals surface area (Å²) in [6.07, 6.45) is 6.13. The third-order valence-corrected chi connectivity index (χ3v) is 6.00. The molecule has 140 valence electrons. The van der Waals surface area contributed by atoms with Gasteiger partial charge in [-0.2, -0.15) is 0 Å². The molecule has 0 atom stereocenters. The molecular weight excluding hydrogens is 380 g/mol. The average molecular weight is 401 g/mol. The van der Waals surface area contributed by atoms with Gasteiger partial charge in [0.15, 0.2) is 0 Å². The molecule has 2 fully saturated rings. The second kappa shape index (κ2) is 8.43. The van der Waals surface area contributed by atoms with E-state index in [2.05, 4.69) is 14.9 Å². The molecule has 2 aliphatic rings. The fourth-order valence-electron chi connectivity index (χ4n) is 3.19. The Balaban J connectivity index is 1.41. The van der Waals surface area contributed by atoms with E-state index in [1.54, 1.807) is 17.3 Å². The van der Waals surface area contributed by atoms with Crippen molar-refractivity contribution in [2.75, 3.05) is 39.4 Å². The molecule has 6 nitrogen and oxygen atoms in total. The van der Waals surface area contributed by atoms with Crippen molar-refractivity contribution in [1.29, 1.82) is 0 Å². The number of hydrogen-bond acceptors (Lipinski definition) is 7. The van der Waals surface area contributed by atoms with Gasteiger partial charge in [0, 0.05) is 38.6 Å². The first kappa shape index (κ1) is 18.5. The Bertz CT molecular complexity index is 896. The predicted molar refractivity (Wildman–Crippen MR) is 111 cm³/mol. The van der Waals surface area contributed by atoms with Crippen LogP contribution in [0.25, 0.3) is 17.1 Å². The van der Waals surface area contributed by atoms with Gasteiger partial charge in [0.05, 0.1) is 29.2 Å². The summed E-state index contributed by atoms with van der Waals surface area (Å²) < 4.78 is 6.00. The number of nitrogens with zero attached hydrogens (tertiary/aromatic N) is 4. The van der Waals surface area contributed by atoms with Crippen molar-refractivity contribution in [3.63, 3.8) is 0 Å². The molecule has 2 saturated heterocycles. The first-order valence-corrected chi connectivity index (χ1v) is 10.2. The summed E-state index contributed by atoms with van der Waals surface area (Å²) in [5.74, 6) is -0.00813. The number of carbonyl (C=O) groups is 1. The SMILES string of the molecule is O=C1/C(=C/c2ccc3nccnc3c2)SC(=S)N1CCCN1CCOCC1. The highest BCUT2D eigenvalue weighted by molar-refractivity contribution is 8.26. The molecule has 1 aromatic carbocycles. The van der Waals surface area contributed by atoms with Crippen molar-refractivity contribution in [2.45, 2.75) is 6.42 Å². The van der Waals surface area contributed by atoms with Crippen molar-refractivity contribution in [1.82, 2.24) is 19.8 Å². The summed E-state index contributed by atoms with van der Waals surface area (Å²) in [4.78, 5) is 26.1. The summed E-state index contributed by atoms with van der Waals surface area (Å²) >= 11 is 6.80. The fourth-order valence-corrected chi connectivity index (χ4v) is 4.50. The van der Waals surface area contributed by atoms with E-state index < -0.39 is 0 Å². The first-order chi connectivity index (χ1) is 13.2. The van der Waals surface area contributed by atoms with Crippen molar-refractivity contribution >= 4 is 51.3 Å². The molecule has 0 bridgehead atoms. The van der Waals surface area contributed by atoms with Gasteiger partial charge in [-0.05, 0) is 30.2 Å². The zero-order chi connectivity index (χ0) is 18.6. The van der Waals surface area contributed by atoms with Gasteiger partial charge in [-0.1, -0.05) is 30.0 Å². The maximum atomic E-state index is 12.8. The number of amides is 1.